The summed E-state index contributed by atoms with van der Waals surface area (Å²) in [6.45, 7) is -0.183. The van der Waals surface area contributed by atoms with E-state index in [2.05, 4.69) is 22.6 Å². The Morgan fingerprint density at radius 1 is 1.11 bits per heavy atom. The van der Waals surface area contributed by atoms with Gasteiger partial charge in [-0.25, -0.2) is 4.79 Å². The molecule has 0 unspecified atom stereocenters. The number of imide groups is 1. The first-order valence-electron chi connectivity index (χ1n) is 7.87. The van der Waals surface area contributed by atoms with Gasteiger partial charge >= 0.3 is 5.97 Å². The van der Waals surface area contributed by atoms with Crippen molar-refractivity contribution in [2.45, 2.75) is 6.54 Å². The van der Waals surface area contributed by atoms with Crippen LogP contribution < -0.4 is 4.74 Å². The molecule has 0 bridgehead atoms. The molecular weight excluding hydrogens is 481 g/mol. The van der Waals surface area contributed by atoms with E-state index in [4.69, 9.17) is 9.84 Å². The summed E-state index contributed by atoms with van der Waals surface area (Å²) in [5.41, 5.74) is 1.61. The van der Waals surface area contributed by atoms with Gasteiger partial charge in [0.1, 0.15) is 5.75 Å². The first-order chi connectivity index (χ1) is 12.9. The first-order valence-corrected chi connectivity index (χ1v) is 9.76. The molecule has 1 fully saturated rings. The summed E-state index contributed by atoms with van der Waals surface area (Å²) in [6, 6.07) is 14.3. The van der Waals surface area contributed by atoms with Gasteiger partial charge < -0.3 is 9.84 Å². The number of carboxylic acid groups (broad SMARTS) is 1. The Hall–Kier alpha value is -2.33. The van der Waals surface area contributed by atoms with Crippen LogP contribution in [-0.2, 0) is 16.1 Å². The second kappa shape index (κ2) is 8.57. The molecule has 1 aliphatic rings. The standard InChI is InChI=1S/C19H14INO5S/c20-14-5-1-13(2-6-14)10-21-18(24)16(27-19(21)25)9-12-3-7-15(8-4-12)26-11-17(22)23/h1-9H,10-11H2,(H,22,23)/b16-9-. The van der Waals surface area contributed by atoms with Crippen molar-refractivity contribution < 1.29 is 24.2 Å². The number of benzene rings is 2. The fourth-order valence-corrected chi connectivity index (χ4v) is 3.56. The van der Waals surface area contributed by atoms with Crippen molar-refractivity contribution >= 4 is 57.5 Å². The van der Waals surface area contributed by atoms with Crippen molar-refractivity contribution in [2.75, 3.05) is 6.61 Å². The zero-order chi connectivity index (χ0) is 19.4. The Morgan fingerprint density at radius 2 is 1.78 bits per heavy atom. The van der Waals surface area contributed by atoms with E-state index in [0.29, 0.717) is 10.7 Å². The molecule has 2 amide bonds. The van der Waals surface area contributed by atoms with Crippen molar-refractivity contribution in [3.8, 4) is 5.75 Å². The summed E-state index contributed by atoms with van der Waals surface area (Å²) in [4.78, 5) is 36.9. The van der Waals surface area contributed by atoms with Crippen LogP contribution in [0.3, 0.4) is 0 Å². The van der Waals surface area contributed by atoms with Gasteiger partial charge in [0.2, 0.25) is 0 Å². The molecule has 0 aromatic heterocycles. The number of hydrogen-bond acceptors (Lipinski definition) is 5. The topological polar surface area (TPSA) is 83.9 Å². The maximum absolute atomic E-state index is 12.6. The van der Waals surface area contributed by atoms with Crippen molar-refractivity contribution in [1.82, 2.24) is 4.90 Å². The van der Waals surface area contributed by atoms with Crippen molar-refractivity contribution in [1.29, 1.82) is 0 Å². The Bertz CT molecular complexity index is 909. The molecule has 1 saturated heterocycles. The van der Waals surface area contributed by atoms with E-state index in [-0.39, 0.29) is 17.7 Å². The predicted octanol–water partition coefficient (Wildman–Crippen LogP) is 3.99. The fraction of sp³-hybridized carbons (Fsp3) is 0.105. The maximum Gasteiger partial charge on any atom is 0.341 e. The molecule has 1 heterocycles. The second-order valence-electron chi connectivity index (χ2n) is 5.65. The summed E-state index contributed by atoms with van der Waals surface area (Å²) in [5.74, 6) is -0.961. The zero-order valence-electron chi connectivity index (χ0n) is 13.9. The molecule has 2 aromatic carbocycles. The SMILES string of the molecule is O=C(O)COc1ccc(/C=C2\SC(=O)N(Cc3ccc(I)cc3)C2=O)cc1. The number of carboxylic acids is 1. The summed E-state index contributed by atoms with van der Waals surface area (Å²) in [7, 11) is 0. The molecule has 1 N–H and O–H groups in total. The monoisotopic (exact) mass is 495 g/mol. The quantitative estimate of drug-likeness (QED) is 0.482. The van der Waals surface area contributed by atoms with Crippen LogP contribution in [0, 0.1) is 3.57 Å². The highest BCUT2D eigenvalue weighted by Crippen LogP contribution is 2.33. The third-order valence-electron chi connectivity index (χ3n) is 3.67. The fourth-order valence-electron chi connectivity index (χ4n) is 2.37. The van der Waals surface area contributed by atoms with Gasteiger partial charge in [-0.1, -0.05) is 24.3 Å². The number of thioether (sulfide) groups is 1. The van der Waals surface area contributed by atoms with Gasteiger partial charge in [-0.3, -0.25) is 14.5 Å². The van der Waals surface area contributed by atoms with E-state index in [0.717, 1.165) is 26.5 Å². The molecule has 8 heteroatoms. The van der Waals surface area contributed by atoms with Crippen LogP contribution in [0.5, 0.6) is 5.75 Å². The largest absolute Gasteiger partial charge is 0.482 e. The minimum Gasteiger partial charge on any atom is -0.482 e. The van der Waals surface area contributed by atoms with E-state index >= 15 is 0 Å². The average molecular weight is 495 g/mol. The normalized spacial score (nSPS) is 15.4. The molecule has 6 nitrogen and oxygen atoms in total. The molecule has 0 spiro atoms. The molecule has 0 aliphatic carbocycles. The summed E-state index contributed by atoms with van der Waals surface area (Å²) >= 11 is 3.10. The van der Waals surface area contributed by atoms with Crippen LogP contribution in [0.4, 0.5) is 4.79 Å². The third-order valence-corrected chi connectivity index (χ3v) is 5.29. The maximum atomic E-state index is 12.6. The van der Waals surface area contributed by atoms with Crippen molar-refractivity contribution in [2.24, 2.45) is 0 Å². The van der Waals surface area contributed by atoms with E-state index in [1.165, 1.54) is 4.90 Å². The van der Waals surface area contributed by atoms with E-state index in [1.807, 2.05) is 24.3 Å². The van der Waals surface area contributed by atoms with Gasteiger partial charge in [-0.05, 0) is 75.8 Å². The van der Waals surface area contributed by atoms with Crippen LogP contribution in [0.2, 0.25) is 0 Å². The lowest BCUT2D eigenvalue weighted by atomic mass is 10.2. The van der Waals surface area contributed by atoms with Crippen LogP contribution >= 0.6 is 34.4 Å². The summed E-state index contributed by atoms with van der Waals surface area (Å²) in [6.07, 6.45) is 1.64. The second-order valence-corrected chi connectivity index (χ2v) is 7.88. The Balaban J connectivity index is 1.70. The Morgan fingerprint density at radius 3 is 2.41 bits per heavy atom. The van der Waals surface area contributed by atoms with Crippen LogP contribution in [0.15, 0.2) is 53.4 Å². The van der Waals surface area contributed by atoms with Gasteiger partial charge in [0.25, 0.3) is 11.1 Å². The number of halogens is 1. The number of nitrogens with zero attached hydrogens (tertiary/aromatic N) is 1. The smallest absolute Gasteiger partial charge is 0.341 e. The number of rotatable bonds is 6. The lowest BCUT2D eigenvalue weighted by Crippen LogP contribution is -2.27. The highest BCUT2D eigenvalue weighted by Gasteiger charge is 2.34. The van der Waals surface area contributed by atoms with E-state index in [1.54, 1.807) is 30.3 Å². The minimum atomic E-state index is -1.05. The number of carbonyl (C=O) groups is 3. The lowest BCUT2D eigenvalue weighted by molar-refractivity contribution is -0.139. The molecule has 0 atom stereocenters. The van der Waals surface area contributed by atoms with Crippen molar-refractivity contribution in [3.05, 3.63) is 68.1 Å². The molecule has 0 saturated carbocycles. The van der Waals surface area contributed by atoms with Crippen LogP contribution in [-0.4, -0.2) is 33.7 Å². The minimum absolute atomic E-state index is 0.237. The molecule has 138 valence electrons. The number of hydrogen-bond donors (Lipinski definition) is 1. The first kappa shape index (κ1) is 19.4. The lowest BCUT2D eigenvalue weighted by Gasteiger charge is -2.12. The van der Waals surface area contributed by atoms with E-state index < -0.39 is 12.6 Å². The zero-order valence-corrected chi connectivity index (χ0v) is 16.9. The van der Waals surface area contributed by atoms with Gasteiger partial charge in [0.15, 0.2) is 6.61 Å². The van der Waals surface area contributed by atoms with Crippen LogP contribution in [0.1, 0.15) is 11.1 Å². The molecule has 0 radical (unpaired) electrons. The Kier molecular flexibility index (Phi) is 6.17. The average Bonchev–Trinajstić information content (AvgIpc) is 2.90. The van der Waals surface area contributed by atoms with Crippen LogP contribution in [0.25, 0.3) is 6.08 Å². The van der Waals surface area contributed by atoms with Gasteiger partial charge in [-0.2, -0.15) is 0 Å². The van der Waals surface area contributed by atoms with Gasteiger partial charge in [0, 0.05) is 3.57 Å². The number of ether oxygens (including phenoxy) is 1. The predicted molar refractivity (Wildman–Crippen MR) is 110 cm³/mol. The number of amides is 2. The van der Waals surface area contributed by atoms with Gasteiger partial charge in [-0.15, -0.1) is 0 Å². The highest BCUT2D eigenvalue weighted by atomic mass is 127. The summed E-state index contributed by atoms with van der Waals surface area (Å²) < 4.78 is 6.15. The van der Waals surface area contributed by atoms with Crippen molar-refractivity contribution in [3.63, 3.8) is 0 Å². The highest BCUT2D eigenvalue weighted by molar-refractivity contribution is 14.1. The summed E-state index contributed by atoms with van der Waals surface area (Å²) in [5, 5.41) is 8.31. The number of carbonyl (C=O) groups excluding carboxylic acids is 2. The molecule has 3 rings (SSSR count). The third kappa shape index (κ3) is 5.10. The van der Waals surface area contributed by atoms with E-state index in [9.17, 15) is 14.4 Å². The molecular formula is C19H14INO5S. The van der Waals surface area contributed by atoms with Gasteiger partial charge in [0.05, 0.1) is 11.4 Å². The molecule has 27 heavy (non-hydrogen) atoms. The molecule has 1 aliphatic heterocycles. The Labute approximate surface area is 173 Å². The number of aliphatic carboxylic acids is 1. The molecule has 2 aromatic rings.